The Labute approximate surface area is 107 Å². The van der Waals surface area contributed by atoms with Gasteiger partial charge in [0.25, 0.3) is 0 Å². The smallest absolute Gasteiger partial charge is 0.123 e. The summed E-state index contributed by atoms with van der Waals surface area (Å²) in [7, 11) is 0. The average molecular weight is 247 g/mol. The molecule has 1 atom stereocenters. The van der Waals surface area contributed by atoms with Crippen LogP contribution >= 0.6 is 0 Å². The first-order valence-electron chi connectivity index (χ1n) is 6.32. The van der Waals surface area contributed by atoms with Crippen LogP contribution in [0.25, 0.3) is 0 Å². The van der Waals surface area contributed by atoms with Gasteiger partial charge in [-0.1, -0.05) is 0 Å². The summed E-state index contributed by atoms with van der Waals surface area (Å²) >= 11 is 0. The van der Waals surface area contributed by atoms with Gasteiger partial charge in [0, 0.05) is 24.3 Å². The van der Waals surface area contributed by atoms with Crippen LogP contribution in [0.1, 0.15) is 37.8 Å². The number of rotatable bonds is 5. The van der Waals surface area contributed by atoms with Gasteiger partial charge in [-0.05, 0) is 43.5 Å². The van der Waals surface area contributed by atoms with Crippen LogP contribution < -0.4 is 10.6 Å². The van der Waals surface area contributed by atoms with E-state index >= 15 is 0 Å². The Hall–Kier alpha value is -1.60. The first kappa shape index (κ1) is 12.8. The second-order valence-corrected chi connectivity index (χ2v) is 4.82. The van der Waals surface area contributed by atoms with Gasteiger partial charge in [-0.25, -0.2) is 4.39 Å². The van der Waals surface area contributed by atoms with E-state index in [1.807, 2.05) is 6.92 Å². The van der Waals surface area contributed by atoms with Crippen molar-refractivity contribution in [2.75, 3.05) is 11.4 Å². The van der Waals surface area contributed by atoms with Gasteiger partial charge in [0.05, 0.1) is 12.5 Å². The van der Waals surface area contributed by atoms with Crippen LogP contribution in [0.15, 0.2) is 18.2 Å². The predicted molar refractivity (Wildman–Crippen MR) is 69.6 cm³/mol. The van der Waals surface area contributed by atoms with Crippen LogP contribution in [0.4, 0.5) is 10.1 Å². The molecule has 0 unspecified atom stereocenters. The van der Waals surface area contributed by atoms with E-state index < -0.39 is 0 Å². The molecule has 1 aromatic carbocycles. The predicted octanol–water partition coefficient (Wildman–Crippen LogP) is 2.73. The summed E-state index contributed by atoms with van der Waals surface area (Å²) in [5, 5.41) is 8.73. The highest BCUT2D eigenvalue weighted by Crippen LogP contribution is 2.35. The molecule has 1 fully saturated rings. The fourth-order valence-electron chi connectivity index (χ4n) is 2.21. The maximum atomic E-state index is 13.3. The van der Waals surface area contributed by atoms with Crippen molar-refractivity contribution >= 4 is 5.69 Å². The van der Waals surface area contributed by atoms with Crippen LogP contribution in [-0.2, 0) is 0 Å². The van der Waals surface area contributed by atoms with Gasteiger partial charge in [0.1, 0.15) is 5.82 Å². The summed E-state index contributed by atoms with van der Waals surface area (Å²) in [6.45, 7) is 2.54. The van der Waals surface area contributed by atoms with Gasteiger partial charge in [0.2, 0.25) is 0 Å². The minimum absolute atomic E-state index is 0.209. The summed E-state index contributed by atoms with van der Waals surface area (Å²) in [6, 6.07) is 7.19. The molecule has 1 aliphatic rings. The number of hydrogen-bond donors (Lipinski definition) is 1. The zero-order valence-corrected chi connectivity index (χ0v) is 10.6. The number of hydrogen-bond acceptors (Lipinski definition) is 3. The molecule has 3 nitrogen and oxygen atoms in total. The van der Waals surface area contributed by atoms with Gasteiger partial charge in [-0.2, -0.15) is 5.26 Å². The molecule has 0 heterocycles. The molecule has 0 amide bonds. The lowest BCUT2D eigenvalue weighted by Gasteiger charge is -2.27. The summed E-state index contributed by atoms with van der Waals surface area (Å²) in [4.78, 5) is 2.20. The Morgan fingerprint density at radius 1 is 1.56 bits per heavy atom. The van der Waals surface area contributed by atoms with E-state index in [0.29, 0.717) is 19.0 Å². The molecule has 0 saturated heterocycles. The summed E-state index contributed by atoms with van der Waals surface area (Å²) < 4.78 is 13.3. The minimum Gasteiger partial charge on any atom is -0.367 e. The van der Waals surface area contributed by atoms with Gasteiger partial charge in [0.15, 0.2) is 0 Å². The zero-order valence-electron chi connectivity index (χ0n) is 10.6. The van der Waals surface area contributed by atoms with Crippen molar-refractivity contribution in [1.82, 2.24) is 0 Å². The zero-order chi connectivity index (χ0) is 13.1. The number of nitriles is 1. The summed E-state index contributed by atoms with van der Waals surface area (Å²) in [6.07, 6.45) is 2.76. The van der Waals surface area contributed by atoms with Crippen molar-refractivity contribution in [3.05, 3.63) is 29.6 Å². The van der Waals surface area contributed by atoms with Gasteiger partial charge in [-0.3, -0.25) is 0 Å². The Morgan fingerprint density at radius 3 is 2.83 bits per heavy atom. The quantitative estimate of drug-likeness (QED) is 0.870. The Morgan fingerprint density at radius 2 is 2.28 bits per heavy atom. The van der Waals surface area contributed by atoms with Crippen molar-refractivity contribution in [3.63, 3.8) is 0 Å². The molecule has 1 aliphatic carbocycles. The normalized spacial score (nSPS) is 16.1. The molecule has 1 aromatic rings. The molecule has 4 heteroatoms. The Bertz CT molecular complexity index is 461. The van der Waals surface area contributed by atoms with E-state index in [0.717, 1.165) is 24.1 Å². The minimum atomic E-state index is -0.262. The Kier molecular flexibility index (Phi) is 3.83. The van der Waals surface area contributed by atoms with Crippen molar-refractivity contribution in [1.29, 1.82) is 5.26 Å². The number of nitrogens with two attached hydrogens (primary N) is 1. The number of nitrogens with zero attached hydrogens (tertiary/aromatic N) is 2. The number of halogens is 1. The molecular weight excluding hydrogens is 229 g/mol. The first-order valence-corrected chi connectivity index (χ1v) is 6.32. The first-order chi connectivity index (χ1) is 8.63. The Balaban J connectivity index is 2.31. The molecule has 18 heavy (non-hydrogen) atoms. The average Bonchev–Trinajstić information content (AvgIpc) is 3.15. The summed E-state index contributed by atoms with van der Waals surface area (Å²) in [5.74, 6) is -0.262. The van der Waals surface area contributed by atoms with Crippen molar-refractivity contribution in [3.8, 4) is 6.07 Å². The highest BCUT2D eigenvalue weighted by molar-refractivity contribution is 5.56. The van der Waals surface area contributed by atoms with E-state index in [2.05, 4.69) is 11.0 Å². The standard InChI is InChI=1S/C14H18FN3/c1-10(17)13-9-11(15)3-6-14(13)18(8-2-7-16)12-4-5-12/h3,6,9-10,12H,2,4-5,8,17H2,1H3/t10-/m1/s1. The molecule has 0 aliphatic heterocycles. The van der Waals surface area contributed by atoms with Crippen LogP contribution in [0.3, 0.4) is 0 Å². The van der Waals surface area contributed by atoms with Gasteiger partial charge >= 0.3 is 0 Å². The lowest BCUT2D eigenvalue weighted by Crippen LogP contribution is -2.28. The van der Waals surface area contributed by atoms with E-state index in [9.17, 15) is 4.39 Å². The summed E-state index contributed by atoms with van der Waals surface area (Å²) in [5.41, 5.74) is 7.71. The van der Waals surface area contributed by atoms with Gasteiger partial charge in [-0.15, -0.1) is 0 Å². The molecule has 1 saturated carbocycles. The second kappa shape index (κ2) is 5.36. The second-order valence-electron chi connectivity index (χ2n) is 4.82. The largest absolute Gasteiger partial charge is 0.367 e. The topological polar surface area (TPSA) is 53.0 Å². The third kappa shape index (κ3) is 2.80. The van der Waals surface area contributed by atoms with Crippen molar-refractivity contribution in [2.24, 2.45) is 5.73 Å². The molecule has 0 spiro atoms. The van der Waals surface area contributed by atoms with Crippen LogP contribution in [0.2, 0.25) is 0 Å². The highest BCUT2D eigenvalue weighted by Gasteiger charge is 2.30. The van der Waals surface area contributed by atoms with Crippen LogP contribution in [0.5, 0.6) is 0 Å². The monoisotopic (exact) mass is 247 g/mol. The van der Waals surface area contributed by atoms with E-state index in [1.54, 1.807) is 6.07 Å². The maximum Gasteiger partial charge on any atom is 0.123 e. The molecule has 2 N–H and O–H groups in total. The molecule has 0 bridgehead atoms. The van der Waals surface area contributed by atoms with Gasteiger partial charge < -0.3 is 10.6 Å². The lowest BCUT2D eigenvalue weighted by atomic mass is 10.1. The third-order valence-electron chi connectivity index (χ3n) is 3.24. The van der Waals surface area contributed by atoms with Crippen LogP contribution in [0, 0.1) is 17.1 Å². The molecular formula is C14H18FN3. The molecule has 0 radical (unpaired) electrons. The third-order valence-corrected chi connectivity index (χ3v) is 3.24. The number of benzene rings is 1. The molecule has 0 aromatic heterocycles. The van der Waals surface area contributed by atoms with E-state index in [4.69, 9.17) is 11.0 Å². The van der Waals surface area contributed by atoms with Crippen molar-refractivity contribution < 1.29 is 4.39 Å². The van der Waals surface area contributed by atoms with Crippen molar-refractivity contribution in [2.45, 2.75) is 38.3 Å². The maximum absolute atomic E-state index is 13.3. The van der Waals surface area contributed by atoms with E-state index in [1.165, 1.54) is 12.1 Å². The van der Waals surface area contributed by atoms with Crippen LogP contribution in [-0.4, -0.2) is 12.6 Å². The lowest BCUT2D eigenvalue weighted by molar-refractivity contribution is 0.621. The fourth-order valence-corrected chi connectivity index (χ4v) is 2.21. The fraction of sp³-hybridized carbons (Fsp3) is 0.500. The van der Waals surface area contributed by atoms with E-state index in [-0.39, 0.29) is 11.9 Å². The number of anilines is 1. The SMILES string of the molecule is C[C@@H](N)c1cc(F)ccc1N(CCC#N)C1CC1. The molecule has 2 rings (SSSR count). The molecule has 96 valence electrons. The highest BCUT2D eigenvalue weighted by atomic mass is 19.1.